The maximum atomic E-state index is 9.72. The molecule has 0 saturated heterocycles. The Labute approximate surface area is 118 Å². The van der Waals surface area contributed by atoms with Crippen molar-refractivity contribution >= 4 is 5.69 Å². The van der Waals surface area contributed by atoms with Gasteiger partial charge in [0, 0.05) is 11.7 Å². The van der Waals surface area contributed by atoms with Crippen molar-refractivity contribution in [3.05, 3.63) is 23.3 Å². The molecule has 0 fully saturated rings. The lowest BCUT2D eigenvalue weighted by Gasteiger charge is -2.25. The van der Waals surface area contributed by atoms with Crippen LogP contribution in [0.3, 0.4) is 0 Å². The van der Waals surface area contributed by atoms with E-state index in [1.165, 1.54) is 12.8 Å². The number of aryl methyl sites for hydroxylation is 2. The number of rotatable bonds is 6. The third-order valence-electron chi connectivity index (χ3n) is 3.41. The fourth-order valence-electron chi connectivity index (χ4n) is 2.53. The first kappa shape index (κ1) is 15.9. The Bertz CT molecular complexity index is 400. The predicted octanol–water partition coefficient (Wildman–Crippen LogP) is 4.88. The summed E-state index contributed by atoms with van der Waals surface area (Å²) in [4.78, 5) is 0. The molecule has 0 unspecified atom stereocenters. The highest BCUT2D eigenvalue weighted by atomic mass is 16.3. The first-order valence-corrected chi connectivity index (χ1v) is 7.36. The van der Waals surface area contributed by atoms with Gasteiger partial charge in [-0.15, -0.1) is 0 Å². The van der Waals surface area contributed by atoms with Crippen LogP contribution in [0.4, 0.5) is 5.69 Å². The zero-order valence-corrected chi connectivity index (χ0v) is 13.2. The molecule has 0 heterocycles. The van der Waals surface area contributed by atoms with E-state index >= 15 is 0 Å². The molecule has 0 amide bonds. The standard InChI is InChI=1S/C17H29NO/c1-11(2)7-15(8-12(3)4)18-16-9-14(6)17(19)10-13(16)5/h9-12,15,18-19H,7-8H2,1-6H3. The van der Waals surface area contributed by atoms with Crippen molar-refractivity contribution in [2.75, 3.05) is 5.32 Å². The number of phenolic OH excluding ortho intramolecular Hbond substituents is 1. The molecule has 0 aromatic heterocycles. The Hall–Kier alpha value is -1.18. The second kappa shape index (κ2) is 6.83. The summed E-state index contributed by atoms with van der Waals surface area (Å²) in [6.45, 7) is 13.1. The molecule has 2 heteroatoms. The van der Waals surface area contributed by atoms with E-state index in [0.717, 1.165) is 16.8 Å². The summed E-state index contributed by atoms with van der Waals surface area (Å²) in [6, 6.07) is 4.40. The van der Waals surface area contributed by atoms with Crippen LogP contribution >= 0.6 is 0 Å². The van der Waals surface area contributed by atoms with Crippen LogP contribution in [0, 0.1) is 25.7 Å². The molecule has 1 rings (SSSR count). The van der Waals surface area contributed by atoms with Gasteiger partial charge in [-0.3, -0.25) is 0 Å². The van der Waals surface area contributed by atoms with Gasteiger partial charge in [0.05, 0.1) is 0 Å². The van der Waals surface area contributed by atoms with Gasteiger partial charge >= 0.3 is 0 Å². The van der Waals surface area contributed by atoms with E-state index in [4.69, 9.17) is 0 Å². The molecule has 19 heavy (non-hydrogen) atoms. The van der Waals surface area contributed by atoms with E-state index in [1.54, 1.807) is 0 Å². The average Bonchev–Trinajstić information content (AvgIpc) is 2.23. The molecule has 0 aliphatic carbocycles. The monoisotopic (exact) mass is 263 g/mol. The van der Waals surface area contributed by atoms with Crippen molar-refractivity contribution < 1.29 is 5.11 Å². The van der Waals surface area contributed by atoms with Gasteiger partial charge in [-0.05, 0) is 61.8 Å². The van der Waals surface area contributed by atoms with Crippen molar-refractivity contribution in [3.63, 3.8) is 0 Å². The number of anilines is 1. The molecule has 0 radical (unpaired) electrons. The molecule has 1 aromatic carbocycles. The summed E-state index contributed by atoms with van der Waals surface area (Å²) in [5, 5.41) is 13.4. The minimum absolute atomic E-state index is 0.382. The molecule has 0 saturated carbocycles. The first-order valence-electron chi connectivity index (χ1n) is 7.36. The maximum absolute atomic E-state index is 9.72. The van der Waals surface area contributed by atoms with Crippen LogP contribution < -0.4 is 5.32 Å². The van der Waals surface area contributed by atoms with E-state index in [0.29, 0.717) is 23.6 Å². The summed E-state index contributed by atoms with van der Waals surface area (Å²) in [5.41, 5.74) is 3.20. The van der Waals surface area contributed by atoms with E-state index in [9.17, 15) is 5.11 Å². The molecule has 0 aliphatic rings. The summed E-state index contributed by atoms with van der Waals surface area (Å²) < 4.78 is 0. The van der Waals surface area contributed by atoms with Gasteiger partial charge in [-0.2, -0.15) is 0 Å². The van der Waals surface area contributed by atoms with Crippen LogP contribution in [0.2, 0.25) is 0 Å². The van der Waals surface area contributed by atoms with Crippen molar-refractivity contribution in [2.24, 2.45) is 11.8 Å². The van der Waals surface area contributed by atoms with Crippen LogP contribution in [0.5, 0.6) is 5.75 Å². The normalized spacial score (nSPS) is 11.6. The lowest BCUT2D eigenvalue weighted by Crippen LogP contribution is -2.24. The van der Waals surface area contributed by atoms with Crippen LogP contribution in [0.1, 0.15) is 51.7 Å². The number of phenols is 1. The number of aromatic hydroxyl groups is 1. The number of hydrogen-bond acceptors (Lipinski definition) is 2. The number of hydrogen-bond donors (Lipinski definition) is 2. The smallest absolute Gasteiger partial charge is 0.118 e. The SMILES string of the molecule is Cc1cc(NC(CC(C)C)CC(C)C)c(C)cc1O. The Kier molecular flexibility index (Phi) is 5.71. The summed E-state index contributed by atoms with van der Waals surface area (Å²) in [6.07, 6.45) is 2.36. The maximum Gasteiger partial charge on any atom is 0.118 e. The van der Waals surface area contributed by atoms with E-state index in [2.05, 4.69) is 39.1 Å². The molecule has 1 aromatic rings. The Balaban J connectivity index is 2.86. The highest BCUT2D eigenvalue weighted by Gasteiger charge is 2.14. The second-order valence-electron chi connectivity index (χ2n) is 6.55. The third-order valence-corrected chi connectivity index (χ3v) is 3.41. The van der Waals surface area contributed by atoms with Crippen LogP contribution in [-0.2, 0) is 0 Å². The van der Waals surface area contributed by atoms with Crippen LogP contribution in [0.15, 0.2) is 12.1 Å². The Morgan fingerprint density at radius 3 is 1.95 bits per heavy atom. The topological polar surface area (TPSA) is 32.3 Å². The third kappa shape index (κ3) is 5.14. The molecule has 0 aliphatic heterocycles. The molecule has 2 nitrogen and oxygen atoms in total. The first-order chi connectivity index (χ1) is 8.79. The molecule has 0 atom stereocenters. The second-order valence-corrected chi connectivity index (χ2v) is 6.55. The Morgan fingerprint density at radius 1 is 0.947 bits per heavy atom. The van der Waals surface area contributed by atoms with Crippen molar-refractivity contribution in [1.29, 1.82) is 0 Å². The molecular weight excluding hydrogens is 234 g/mol. The minimum atomic E-state index is 0.382. The molecule has 0 bridgehead atoms. The average molecular weight is 263 g/mol. The lowest BCUT2D eigenvalue weighted by molar-refractivity contribution is 0.441. The number of benzene rings is 1. The fraction of sp³-hybridized carbons (Fsp3) is 0.647. The zero-order valence-electron chi connectivity index (χ0n) is 13.2. The molecule has 2 N–H and O–H groups in total. The fourth-order valence-corrected chi connectivity index (χ4v) is 2.53. The largest absolute Gasteiger partial charge is 0.508 e. The molecule has 108 valence electrons. The zero-order chi connectivity index (χ0) is 14.6. The highest BCUT2D eigenvalue weighted by Crippen LogP contribution is 2.27. The summed E-state index contributed by atoms with van der Waals surface area (Å²) in [5.74, 6) is 1.76. The van der Waals surface area contributed by atoms with Gasteiger partial charge < -0.3 is 10.4 Å². The van der Waals surface area contributed by atoms with E-state index < -0.39 is 0 Å². The van der Waals surface area contributed by atoms with Gasteiger partial charge in [-0.25, -0.2) is 0 Å². The van der Waals surface area contributed by atoms with Crippen molar-refractivity contribution in [1.82, 2.24) is 0 Å². The van der Waals surface area contributed by atoms with Gasteiger partial charge in [0.25, 0.3) is 0 Å². The van der Waals surface area contributed by atoms with E-state index in [1.807, 2.05) is 19.9 Å². The van der Waals surface area contributed by atoms with Gasteiger partial charge in [-0.1, -0.05) is 27.7 Å². The minimum Gasteiger partial charge on any atom is -0.508 e. The quantitative estimate of drug-likeness (QED) is 0.717. The highest BCUT2D eigenvalue weighted by molar-refractivity contribution is 5.57. The van der Waals surface area contributed by atoms with Crippen molar-refractivity contribution in [3.8, 4) is 5.75 Å². The molecule has 0 spiro atoms. The summed E-state index contributed by atoms with van der Waals surface area (Å²) >= 11 is 0. The van der Waals surface area contributed by atoms with Gasteiger partial charge in [0.1, 0.15) is 5.75 Å². The predicted molar refractivity (Wildman–Crippen MR) is 83.9 cm³/mol. The number of nitrogens with one attached hydrogen (secondary N) is 1. The van der Waals surface area contributed by atoms with Crippen molar-refractivity contribution in [2.45, 2.75) is 60.4 Å². The van der Waals surface area contributed by atoms with Gasteiger partial charge in [0.2, 0.25) is 0 Å². The molecular formula is C17H29NO. The van der Waals surface area contributed by atoms with Gasteiger partial charge in [0.15, 0.2) is 0 Å². The van der Waals surface area contributed by atoms with Crippen LogP contribution in [0.25, 0.3) is 0 Å². The summed E-state index contributed by atoms with van der Waals surface area (Å²) in [7, 11) is 0. The lowest BCUT2D eigenvalue weighted by atomic mass is 9.95. The Morgan fingerprint density at radius 2 is 1.47 bits per heavy atom. The van der Waals surface area contributed by atoms with Crippen LogP contribution in [-0.4, -0.2) is 11.1 Å². The van der Waals surface area contributed by atoms with E-state index in [-0.39, 0.29) is 0 Å².